The third-order valence-electron chi connectivity index (χ3n) is 4.17. The van der Waals surface area contributed by atoms with Crippen LogP contribution in [0.2, 0.25) is 5.02 Å². The van der Waals surface area contributed by atoms with Gasteiger partial charge in [-0.25, -0.2) is 0 Å². The molecule has 1 N–H and O–H groups in total. The molecule has 0 aliphatic carbocycles. The minimum absolute atomic E-state index is 0.313. The van der Waals surface area contributed by atoms with Crippen molar-refractivity contribution in [1.29, 1.82) is 0 Å². The van der Waals surface area contributed by atoms with Gasteiger partial charge in [-0.3, -0.25) is 4.90 Å². The summed E-state index contributed by atoms with van der Waals surface area (Å²) >= 11 is 6.29. The van der Waals surface area contributed by atoms with Gasteiger partial charge in [0.2, 0.25) is 0 Å². The first kappa shape index (κ1) is 13.9. The fraction of sp³-hybridized carbons (Fsp3) is 0.600. The Kier molecular flexibility index (Phi) is 4.31. The zero-order valence-corrected chi connectivity index (χ0v) is 12.3. The van der Waals surface area contributed by atoms with Crippen LogP contribution in [0.15, 0.2) is 18.2 Å². The summed E-state index contributed by atoms with van der Waals surface area (Å²) in [5.41, 5.74) is 2.79. The second-order valence-electron chi connectivity index (χ2n) is 5.68. The van der Waals surface area contributed by atoms with Crippen LogP contribution in [0.25, 0.3) is 0 Å². The van der Waals surface area contributed by atoms with Gasteiger partial charge in [0, 0.05) is 30.2 Å². The molecule has 0 bridgehead atoms. The lowest BCUT2D eigenvalue weighted by Crippen LogP contribution is -2.49. The number of piperidine rings is 1. The Morgan fingerprint density at radius 1 is 1.33 bits per heavy atom. The van der Waals surface area contributed by atoms with Gasteiger partial charge >= 0.3 is 0 Å². The molecule has 0 saturated carbocycles. The molecule has 100 valence electrons. The maximum absolute atomic E-state index is 6.29. The second-order valence-corrected chi connectivity index (χ2v) is 6.09. The van der Waals surface area contributed by atoms with Gasteiger partial charge in [-0.1, -0.05) is 23.7 Å². The van der Waals surface area contributed by atoms with Crippen LogP contribution in [-0.4, -0.2) is 30.6 Å². The minimum atomic E-state index is 0.313. The number of nitrogens with zero attached hydrogens (tertiary/aromatic N) is 1. The summed E-state index contributed by atoms with van der Waals surface area (Å²) in [6, 6.07) is 6.35. The van der Waals surface area contributed by atoms with E-state index in [1.165, 1.54) is 24.0 Å². The van der Waals surface area contributed by atoms with Crippen molar-refractivity contribution < 1.29 is 0 Å². The smallest absolute Gasteiger partial charge is 0.0453 e. The predicted molar refractivity (Wildman–Crippen MR) is 78.2 cm³/mol. The summed E-state index contributed by atoms with van der Waals surface area (Å²) < 4.78 is 0. The summed E-state index contributed by atoms with van der Waals surface area (Å²) in [6.07, 6.45) is 2.40. The Balaban J connectivity index is 1.95. The highest BCUT2D eigenvalue weighted by Crippen LogP contribution is 2.25. The quantitative estimate of drug-likeness (QED) is 0.904. The van der Waals surface area contributed by atoms with E-state index in [1.54, 1.807) is 0 Å². The number of hydrogen-bond acceptors (Lipinski definition) is 2. The molecule has 1 aliphatic heterocycles. The van der Waals surface area contributed by atoms with Crippen molar-refractivity contribution in [2.75, 3.05) is 20.1 Å². The van der Waals surface area contributed by atoms with Gasteiger partial charge in [-0.2, -0.15) is 0 Å². The molecule has 2 rings (SSSR count). The average Bonchev–Trinajstić information content (AvgIpc) is 2.36. The number of hydrogen-bond donors (Lipinski definition) is 1. The van der Waals surface area contributed by atoms with E-state index < -0.39 is 0 Å². The predicted octanol–water partition coefficient (Wildman–Crippen LogP) is 3.22. The van der Waals surface area contributed by atoms with Crippen LogP contribution in [0.4, 0.5) is 0 Å². The van der Waals surface area contributed by atoms with Gasteiger partial charge in [-0.05, 0) is 50.9 Å². The van der Waals surface area contributed by atoms with Crippen molar-refractivity contribution in [2.45, 2.75) is 38.8 Å². The van der Waals surface area contributed by atoms with E-state index in [4.69, 9.17) is 11.6 Å². The zero-order valence-electron chi connectivity index (χ0n) is 11.6. The SMILES string of the molecule is CNC1(C)CCN(Cc2ccc(C)cc2Cl)CC1. The van der Waals surface area contributed by atoms with Crippen molar-refractivity contribution in [3.05, 3.63) is 34.3 Å². The standard InChI is InChI=1S/C15H23ClN2/c1-12-4-5-13(14(16)10-12)11-18-8-6-15(2,17-3)7-9-18/h4-5,10,17H,6-9,11H2,1-3H3. The Morgan fingerprint density at radius 2 is 2.00 bits per heavy atom. The van der Waals surface area contributed by atoms with Crippen LogP contribution in [0.5, 0.6) is 0 Å². The van der Waals surface area contributed by atoms with Crippen molar-refractivity contribution in [1.82, 2.24) is 10.2 Å². The molecule has 1 aliphatic rings. The highest BCUT2D eigenvalue weighted by Gasteiger charge is 2.28. The number of benzene rings is 1. The topological polar surface area (TPSA) is 15.3 Å². The fourth-order valence-corrected chi connectivity index (χ4v) is 2.77. The maximum atomic E-state index is 6.29. The maximum Gasteiger partial charge on any atom is 0.0453 e. The van der Waals surface area contributed by atoms with Crippen LogP contribution < -0.4 is 5.32 Å². The van der Waals surface area contributed by atoms with Gasteiger partial charge in [0.15, 0.2) is 0 Å². The van der Waals surface area contributed by atoms with E-state index in [9.17, 15) is 0 Å². The van der Waals surface area contributed by atoms with Crippen molar-refractivity contribution in [2.24, 2.45) is 0 Å². The van der Waals surface area contributed by atoms with Crippen LogP contribution >= 0.6 is 11.6 Å². The minimum Gasteiger partial charge on any atom is -0.314 e. The lowest BCUT2D eigenvalue weighted by molar-refractivity contribution is 0.146. The van der Waals surface area contributed by atoms with E-state index >= 15 is 0 Å². The molecule has 0 amide bonds. The molecular weight excluding hydrogens is 244 g/mol. The first-order valence-corrected chi connectivity index (χ1v) is 7.06. The Bertz CT molecular complexity index is 409. The van der Waals surface area contributed by atoms with Crippen LogP contribution in [-0.2, 0) is 6.54 Å². The number of likely N-dealkylation sites (tertiary alicyclic amines) is 1. The Morgan fingerprint density at radius 3 is 2.56 bits per heavy atom. The first-order chi connectivity index (χ1) is 8.52. The van der Waals surface area contributed by atoms with Crippen LogP contribution in [0.1, 0.15) is 30.9 Å². The molecule has 0 atom stereocenters. The molecular formula is C15H23ClN2. The molecule has 18 heavy (non-hydrogen) atoms. The highest BCUT2D eigenvalue weighted by molar-refractivity contribution is 6.31. The van der Waals surface area contributed by atoms with Gasteiger partial charge in [0.05, 0.1) is 0 Å². The molecule has 0 aromatic heterocycles. The third-order valence-corrected chi connectivity index (χ3v) is 4.52. The number of nitrogens with one attached hydrogen (secondary N) is 1. The fourth-order valence-electron chi connectivity index (χ4n) is 2.48. The third kappa shape index (κ3) is 3.25. The summed E-state index contributed by atoms with van der Waals surface area (Å²) in [6.45, 7) is 7.64. The summed E-state index contributed by atoms with van der Waals surface area (Å²) in [4.78, 5) is 2.50. The number of halogens is 1. The Hall–Kier alpha value is -0.570. The van der Waals surface area contributed by atoms with E-state index in [0.29, 0.717) is 5.54 Å². The summed E-state index contributed by atoms with van der Waals surface area (Å²) in [5, 5.41) is 4.33. The molecule has 0 radical (unpaired) electrons. The van der Waals surface area contributed by atoms with Crippen LogP contribution in [0.3, 0.4) is 0 Å². The van der Waals surface area contributed by atoms with Gasteiger partial charge < -0.3 is 5.32 Å². The average molecular weight is 267 g/mol. The van der Waals surface area contributed by atoms with Crippen LogP contribution in [0, 0.1) is 6.92 Å². The van der Waals surface area contributed by atoms with E-state index in [2.05, 4.69) is 49.3 Å². The Labute approximate surface area is 115 Å². The molecule has 1 saturated heterocycles. The molecule has 0 spiro atoms. The van der Waals surface area contributed by atoms with Crippen molar-refractivity contribution >= 4 is 11.6 Å². The lowest BCUT2D eigenvalue weighted by atomic mass is 9.90. The van der Waals surface area contributed by atoms with Gasteiger partial charge in [0.1, 0.15) is 0 Å². The molecule has 3 heteroatoms. The normalized spacial score (nSPS) is 20.0. The number of rotatable bonds is 3. The molecule has 1 aromatic rings. The van der Waals surface area contributed by atoms with Gasteiger partial charge in [-0.15, -0.1) is 0 Å². The zero-order chi connectivity index (χ0) is 13.2. The molecule has 1 fully saturated rings. The largest absolute Gasteiger partial charge is 0.314 e. The molecule has 2 nitrogen and oxygen atoms in total. The van der Waals surface area contributed by atoms with Crippen molar-refractivity contribution in [3.63, 3.8) is 0 Å². The molecule has 1 heterocycles. The van der Waals surface area contributed by atoms with Crippen molar-refractivity contribution in [3.8, 4) is 0 Å². The van der Waals surface area contributed by atoms with E-state index in [1.807, 2.05) is 0 Å². The van der Waals surface area contributed by atoms with E-state index in [-0.39, 0.29) is 0 Å². The monoisotopic (exact) mass is 266 g/mol. The molecule has 1 aromatic carbocycles. The molecule has 0 unspecified atom stereocenters. The lowest BCUT2D eigenvalue weighted by Gasteiger charge is -2.39. The van der Waals surface area contributed by atoms with Gasteiger partial charge in [0.25, 0.3) is 0 Å². The summed E-state index contributed by atoms with van der Waals surface area (Å²) in [7, 11) is 2.06. The highest BCUT2D eigenvalue weighted by atomic mass is 35.5. The summed E-state index contributed by atoms with van der Waals surface area (Å²) in [5.74, 6) is 0. The first-order valence-electron chi connectivity index (χ1n) is 6.69. The second kappa shape index (κ2) is 5.60. The van der Waals surface area contributed by atoms with E-state index in [0.717, 1.165) is 24.7 Å². The number of aryl methyl sites for hydroxylation is 1.